The second-order valence-electron chi connectivity index (χ2n) is 7.07. The van der Waals surface area contributed by atoms with E-state index in [0.717, 1.165) is 5.39 Å². The lowest BCUT2D eigenvalue weighted by Crippen LogP contribution is -2.40. The molecule has 0 saturated heterocycles. The van der Waals surface area contributed by atoms with E-state index in [9.17, 15) is 18.0 Å². The highest BCUT2D eigenvalue weighted by atomic mass is 127. The molecule has 0 spiro atoms. The van der Waals surface area contributed by atoms with E-state index >= 15 is 0 Å². The third-order valence-corrected chi connectivity index (χ3v) is 8.61. The molecule has 2 atom stereocenters. The molecule has 7 nitrogen and oxygen atoms in total. The van der Waals surface area contributed by atoms with Gasteiger partial charge >= 0.3 is 11.9 Å². The molecule has 1 aliphatic rings. The summed E-state index contributed by atoms with van der Waals surface area (Å²) in [5.74, 6) is -2.62. The third kappa shape index (κ3) is 4.49. The largest absolute Gasteiger partial charge is 0.480 e. The van der Waals surface area contributed by atoms with Crippen LogP contribution in [0.15, 0.2) is 95.6 Å². The van der Waals surface area contributed by atoms with E-state index in [0.29, 0.717) is 10.4 Å². The molecule has 2 N–H and O–H groups in total. The van der Waals surface area contributed by atoms with Crippen molar-refractivity contribution < 1.29 is 28.2 Å². The second kappa shape index (κ2) is 9.29. The number of rotatable bonds is 4. The summed E-state index contributed by atoms with van der Waals surface area (Å²) in [6.45, 7) is 1.60. The number of aliphatic carboxylic acids is 2. The number of alkyl halides is 1. The first-order valence-electron chi connectivity index (χ1n) is 9.51. The molecule has 2 unspecified atom stereocenters. The fourth-order valence-corrected chi connectivity index (χ4v) is 5.21. The van der Waals surface area contributed by atoms with Crippen molar-refractivity contribution in [2.45, 2.75) is 15.2 Å². The first-order chi connectivity index (χ1) is 15.1. The molecular formula is C23H20INO6S. The summed E-state index contributed by atoms with van der Waals surface area (Å²) in [5.41, 5.74) is 0.825. The first kappa shape index (κ1) is 23.7. The number of nitrogens with zero attached hydrogens (tertiary/aromatic N) is 1. The van der Waals surface area contributed by atoms with Gasteiger partial charge < -0.3 is 10.2 Å². The van der Waals surface area contributed by atoms with Gasteiger partial charge in [-0.1, -0.05) is 84.1 Å². The van der Waals surface area contributed by atoms with Gasteiger partial charge in [0.25, 0.3) is 10.0 Å². The van der Waals surface area contributed by atoms with Crippen molar-refractivity contribution in [1.82, 2.24) is 3.97 Å². The van der Waals surface area contributed by atoms with Crippen LogP contribution in [-0.4, -0.2) is 38.0 Å². The zero-order chi connectivity index (χ0) is 23.5. The van der Waals surface area contributed by atoms with Crippen molar-refractivity contribution in [2.75, 3.05) is 0 Å². The molecular weight excluding hydrogens is 545 g/mol. The van der Waals surface area contributed by atoms with Crippen molar-refractivity contribution in [1.29, 1.82) is 0 Å². The van der Waals surface area contributed by atoms with E-state index in [1.807, 2.05) is 18.2 Å². The highest BCUT2D eigenvalue weighted by molar-refractivity contribution is 14.1. The standard InChI is InChI=1S/C14H11NO2S.C9H9IO4/c16-18(17,13-7-2-1-3-8-13)15-11-10-12-6-4-5-9-14(12)15;1-5-6(7(11)12)3-2-4-9(5,10)8(13)14/h1-11H;2-5H,1H3,(H,11,12)(H,13,14). The van der Waals surface area contributed by atoms with Crippen LogP contribution in [0.5, 0.6) is 0 Å². The van der Waals surface area contributed by atoms with Crippen LogP contribution in [0.3, 0.4) is 0 Å². The van der Waals surface area contributed by atoms with Crippen molar-refractivity contribution >= 4 is 55.5 Å². The molecule has 0 radical (unpaired) electrons. The molecule has 166 valence electrons. The summed E-state index contributed by atoms with van der Waals surface area (Å²) in [6, 6.07) is 17.7. The molecule has 4 rings (SSSR count). The normalized spacial score (nSPS) is 20.2. The smallest absolute Gasteiger partial charge is 0.331 e. The van der Waals surface area contributed by atoms with Gasteiger partial charge in [0.1, 0.15) is 3.42 Å². The Balaban J connectivity index is 0.000000188. The van der Waals surface area contributed by atoms with Crippen LogP contribution in [0.1, 0.15) is 6.92 Å². The van der Waals surface area contributed by atoms with Crippen LogP contribution < -0.4 is 0 Å². The number of benzene rings is 2. The van der Waals surface area contributed by atoms with Gasteiger partial charge in [-0.05, 0) is 24.3 Å². The first-order valence-corrected chi connectivity index (χ1v) is 12.0. The van der Waals surface area contributed by atoms with Gasteiger partial charge in [0.2, 0.25) is 0 Å². The average molecular weight is 565 g/mol. The lowest BCUT2D eigenvalue weighted by Gasteiger charge is -2.29. The Morgan fingerprint density at radius 2 is 1.62 bits per heavy atom. The molecule has 2 aromatic carbocycles. The Morgan fingerprint density at radius 1 is 1.00 bits per heavy atom. The summed E-state index contributed by atoms with van der Waals surface area (Å²) in [5, 5.41) is 18.7. The number of carbonyl (C=O) groups is 2. The predicted molar refractivity (Wildman–Crippen MR) is 129 cm³/mol. The molecule has 9 heteroatoms. The van der Waals surface area contributed by atoms with E-state index in [1.165, 1.54) is 22.2 Å². The molecule has 1 heterocycles. The van der Waals surface area contributed by atoms with Crippen LogP contribution in [0.4, 0.5) is 0 Å². The third-order valence-electron chi connectivity index (χ3n) is 5.15. The van der Waals surface area contributed by atoms with Crippen LogP contribution in [0, 0.1) is 5.92 Å². The summed E-state index contributed by atoms with van der Waals surface area (Å²) < 4.78 is 25.1. The molecule has 32 heavy (non-hydrogen) atoms. The fraction of sp³-hybridized carbons (Fsp3) is 0.130. The predicted octanol–water partition coefficient (Wildman–Crippen LogP) is 4.34. The SMILES string of the molecule is CC1C(C(=O)O)=CC=CC1(I)C(=O)O.O=S(=O)(c1ccccc1)n1ccc2ccccc21. The Bertz CT molecular complexity index is 1330. The molecule has 0 bridgehead atoms. The molecule has 3 aromatic rings. The van der Waals surface area contributed by atoms with Gasteiger partial charge in [-0.25, -0.2) is 17.2 Å². The van der Waals surface area contributed by atoms with E-state index in [-0.39, 0.29) is 5.57 Å². The minimum atomic E-state index is -3.51. The van der Waals surface area contributed by atoms with Crippen molar-refractivity contribution in [3.63, 3.8) is 0 Å². The zero-order valence-electron chi connectivity index (χ0n) is 16.9. The van der Waals surface area contributed by atoms with Crippen molar-refractivity contribution in [3.05, 3.63) is 90.7 Å². The molecule has 1 aromatic heterocycles. The van der Waals surface area contributed by atoms with Crippen molar-refractivity contribution in [2.24, 2.45) is 5.92 Å². The lowest BCUT2D eigenvalue weighted by molar-refractivity contribution is -0.139. The summed E-state index contributed by atoms with van der Waals surface area (Å²) in [4.78, 5) is 22.1. The maximum atomic E-state index is 12.5. The maximum Gasteiger partial charge on any atom is 0.331 e. The Labute approximate surface area is 198 Å². The zero-order valence-corrected chi connectivity index (χ0v) is 19.9. The van der Waals surface area contributed by atoms with E-state index in [2.05, 4.69) is 0 Å². The molecule has 1 aliphatic carbocycles. The average Bonchev–Trinajstić information content (AvgIpc) is 3.21. The molecule has 0 saturated carbocycles. The van der Waals surface area contributed by atoms with E-state index < -0.39 is 31.3 Å². The minimum Gasteiger partial charge on any atom is -0.480 e. The van der Waals surface area contributed by atoms with E-state index in [4.69, 9.17) is 10.2 Å². The summed E-state index contributed by atoms with van der Waals surface area (Å²) >= 11 is 1.76. The highest BCUT2D eigenvalue weighted by Gasteiger charge is 2.43. The van der Waals surface area contributed by atoms with Crippen LogP contribution >= 0.6 is 22.6 Å². The highest BCUT2D eigenvalue weighted by Crippen LogP contribution is 2.38. The maximum absolute atomic E-state index is 12.5. The van der Waals surface area contributed by atoms with Gasteiger partial charge in [0.15, 0.2) is 0 Å². The summed E-state index contributed by atoms with van der Waals surface area (Å²) in [6.07, 6.45) is 6.01. The van der Waals surface area contributed by atoms with E-state index in [1.54, 1.807) is 78.2 Å². The van der Waals surface area contributed by atoms with Gasteiger partial charge in [-0.15, -0.1) is 0 Å². The van der Waals surface area contributed by atoms with Crippen LogP contribution in [0.2, 0.25) is 0 Å². The van der Waals surface area contributed by atoms with Crippen LogP contribution in [-0.2, 0) is 19.6 Å². The van der Waals surface area contributed by atoms with Gasteiger partial charge in [-0.3, -0.25) is 4.79 Å². The second-order valence-corrected chi connectivity index (χ2v) is 10.7. The quantitative estimate of drug-likeness (QED) is 0.360. The number of aromatic nitrogens is 1. The summed E-state index contributed by atoms with van der Waals surface area (Å²) in [7, 11) is -3.51. The van der Waals surface area contributed by atoms with Crippen molar-refractivity contribution in [3.8, 4) is 0 Å². The number of allylic oxidation sites excluding steroid dienone is 2. The minimum absolute atomic E-state index is 0.129. The Kier molecular flexibility index (Phi) is 6.89. The lowest BCUT2D eigenvalue weighted by atomic mass is 9.83. The Morgan fingerprint density at radius 3 is 2.25 bits per heavy atom. The number of carboxylic acid groups (broad SMARTS) is 2. The van der Waals surface area contributed by atoms with Gasteiger partial charge in [0, 0.05) is 23.1 Å². The number of fused-ring (bicyclic) bond motifs is 1. The van der Waals surface area contributed by atoms with Crippen LogP contribution in [0.25, 0.3) is 10.9 Å². The molecule has 0 amide bonds. The molecule has 0 fully saturated rings. The fourth-order valence-electron chi connectivity index (χ4n) is 3.29. The Hall–Kier alpha value is -2.92. The number of hydrogen-bond donors (Lipinski definition) is 2. The van der Waals surface area contributed by atoms with Gasteiger partial charge in [-0.2, -0.15) is 0 Å². The number of halogens is 1. The van der Waals surface area contributed by atoms with Gasteiger partial charge in [0.05, 0.1) is 10.4 Å². The number of hydrogen-bond acceptors (Lipinski definition) is 4. The number of para-hydroxylation sites is 1. The monoisotopic (exact) mass is 565 g/mol. The molecule has 0 aliphatic heterocycles. The topological polar surface area (TPSA) is 114 Å². The number of carboxylic acids is 2.